The summed E-state index contributed by atoms with van der Waals surface area (Å²) in [5.41, 5.74) is -0.590. The first-order valence-electron chi connectivity index (χ1n) is 6.84. The summed E-state index contributed by atoms with van der Waals surface area (Å²) in [5, 5.41) is 2.82. The van der Waals surface area contributed by atoms with Crippen molar-refractivity contribution in [2.45, 2.75) is 37.6 Å². The number of halogens is 2. The third-order valence-electron chi connectivity index (χ3n) is 3.81. The molecule has 0 aromatic heterocycles. The molecule has 1 aliphatic rings. The number of amides is 1. The Morgan fingerprint density at radius 1 is 1.29 bits per heavy atom. The molecule has 6 heteroatoms. The number of ether oxygens (including phenoxy) is 1. The Kier molecular flexibility index (Phi) is 5.18. The van der Waals surface area contributed by atoms with Crippen molar-refractivity contribution in [1.29, 1.82) is 0 Å². The van der Waals surface area contributed by atoms with E-state index in [2.05, 4.69) is 5.32 Å². The largest absolute Gasteiger partial charge is 0.467 e. The molecule has 1 saturated carbocycles. The molecule has 1 fully saturated rings. The Morgan fingerprint density at radius 2 is 1.95 bits per heavy atom. The number of esters is 1. The van der Waals surface area contributed by atoms with Crippen LogP contribution in [-0.2, 0) is 9.53 Å². The maximum Gasteiger partial charge on any atom is 0.331 e. The van der Waals surface area contributed by atoms with Crippen molar-refractivity contribution in [3.8, 4) is 0 Å². The number of hydrogen-bond acceptors (Lipinski definition) is 3. The topological polar surface area (TPSA) is 55.4 Å². The van der Waals surface area contributed by atoms with Crippen LogP contribution < -0.4 is 5.32 Å². The third-order valence-corrected chi connectivity index (χ3v) is 4.70. The predicted octanol–water partition coefficient (Wildman–Crippen LogP) is 3.04. The Balaban J connectivity index is 2.24. The second kappa shape index (κ2) is 6.72. The van der Waals surface area contributed by atoms with E-state index in [1.807, 2.05) is 22.6 Å². The van der Waals surface area contributed by atoms with E-state index < -0.39 is 17.3 Å². The minimum atomic E-state index is -0.957. The summed E-state index contributed by atoms with van der Waals surface area (Å²) >= 11 is 1.91. The van der Waals surface area contributed by atoms with Crippen molar-refractivity contribution in [1.82, 2.24) is 5.32 Å². The molecule has 114 valence electrons. The Morgan fingerprint density at radius 3 is 2.52 bits per heavy atom. The van der Waals surface area contributed by atoms with E-state index in [1.165, 1.54) is 25.3 Å². The lowest BCUT2D eigenvalue weighted by Gasteiger charge is -2.35. The lowest BCUT2D eigenvalue weighted by atomic mass is 9.81. The molecule has 0 aliphatic heterocycles. The number of carbonyl (C=O) groups is 2. The van der Waals surface area contributed by atoms with Crippen LogP contribution >= 0.6 is 22.6 Å². The Hall–Kier alpha value is -1.18. The van der Waals surface area contributed by atoms with Gasteiger partial charge in [-0.05, 0) is 53.6 Å². The van der Waals surface area contributed by atoms with Crippen LogP contribution in [0.3, 0.4) is 0 Å². The van der Waals surface area contributed by atoms with Gasteiger partial charge in [0.2, 0.25) is 0 Å². The van der Waals surface area contributed by atoms with E-state index in [0.717, 1.165) is 19.3 Å². The average molecular weight is 405 g/mol. The molecule has 1 aliphatic carbocycles. The molecule has 4 nitrogen and oxygen atoms in total. The normalized spacial score (nSPS) is 17.1. The smallest absolute Gasteiger partial charge is 0.331 e. The lowest BCUT2D eigenvalue weighted by Crippen LogP contribution is -2.56. The van der Waals surface area contributed by atoms with Gasteiger partial charge in [-0.25, -0.2) is 9.18 Å². The first-order valence-corrected chi connectivity index (χ1v) is 7.92. The standard InChI is InChI=1S/C15H17FINO3/c1-21-14(20)15(7-3-2-4-8-15)18-13(19)11-6-5-10(16)9-12(11)17/h5-6,9H,2-4,7-8H2,1H3,(H,18,19). The molecule has 1 amide bonds. The third kappa shape index (κ3) is 3.53. The van der Waals surface area contributed by atoms with E-state index in [1.54, 1.807) is 0 Å². The van der Waals surface area contributed by atoms with Crippen LogP contribution in [0.25, 0.3) is 0 Å². The van der Waals surface area contributed by atoms with Gasteiger partial charge in [-0.3, -0.25) is 4.79 Å². The summed E-state index contributed by atoms with van der Waals surface area (Å²) in [5.74, 6) is -1.17. The van der Waals surface area contributed by atoms with Gasteiger partial charge in [0, 0.05) is 3.57 Å². The van der Waals surface area contributed by atoms with Crippen molar-refractivity contribution in [2.75, 3.05) is 7.11 Å². The molecule has 2 rings (SSSR count). The molecule has 0 bridgehead atoms. The summed E-state index contributed by atoms with van der Waals surface area (Å²) in [6, 6.07) is 3.96. The molecule has 1 aromatic carbocycles. The zero-order valence-electron chi connectivity index (χ0n) is 11.7. The Bertz CT molecular complexity index is 556. The molecule has 0 spiro atoms. The number of rotatable bonds is 3. The van der Waals surface area contributed by atoms with E-state index in [-0.39, 0.29) is 5.91 Å². The highest BCUT2D eigenvalue weighted by molar-refractivity contribution is 14.1. The van der Waals surface area contributed by atoms with Crippen LogP contribution in [-0.4, -0.2) is 24.5 Å². The fraction of sp³-hybridized carbons (Fsp3) is 0.467. The predicted molar refractivity (Wildman–Crippen MR) is 84.4 cm³/mol. The zero-order valence-corrected chi connectivity index (χ0v) is 13.9. The molecule has 0 radical (unpaired) electrons. The highest BCUT2D eigenvalue weighted by Gasteiger charge is 2.42. The summed E-state index contributed by atoms with van der Waals surface area (Å²) in [4.78, 5) is 24.5. The molecule has 1 N–H and O–H groups in total. The minimum Gasteiger partial charge on any atom is -0.467 e. The molecule has 0 atom stereocenters. The van der Waals surface area contributed by atoms with Crippen LogP contribution in [0.1, 0.15) is 42.5 Å². The quantitative estimate of drug-likeness (QED) is 0.622. The fourth-order valence-electron chi connectivity index (χ4n) is 2.69. The number of benzene rings is 1. The Labute approximate surface area is 136 Å². The van der Waals surface area contributed by atoms with Gasteiger partial charge in [-0.15, -0.1) is 0 Å². The van der Waals surface area contributed by atoms with Crippen molar-refractivity contribution < 1.29 is 18.7 Å². The van der Waals surface area contributed by atoms with Crippen LogP contribution in [0.2, 0.25) is 0 Å². The highest BCUT2D eigenvalue weighted by Crippen LogP contribution is 2.30. The van der Waals surface area contributed by atoms with Gasteiger partial charge < -0.3 is 10.1 Å². The number of hydrogen-bond donors (Lipinski definition) is 1. The summed E-state index contributed by atoms with van der Waals surface area (Å²) in [6.07, 6.45) is 3.93. The van der Waals surface area contributed by atoms with Crippen molar-refractivity contribution >= 4 is 34.5 Å². The van der Waals surface area contributed by atoms with Gasteiger partial charge in [-0.1, -0.05) is 19.3 Å². The fourth-order valence-corrected chi connectivity index (χ4v) is 3.41. The van der Waals surface area contributed by atoms with Crippen LogP contribution in [0.4, 0.5) is 4.39 Å². The summed E-state index contributed by atoms with van der Waals surface area (Å²) < 4.78 is 18.5. The van der Waals surface area contributed by atoms with Crippen molar-refractivity contribution in [2.24, 2.45) is 0 Å². The van der Waals surface area contributed by atoms with Crippen molar-refractivity contribution in [3.05, 3.63) is 33.1 Å². The van der Waals surface area contributed by atoms with E-state index in [9.17, 15) is 14.0 Å². The van der Waals surface area contributed by atoms with Gasteiger partial charge in [0.25, 0.3) is 5.91 Å². The maximum atomic E-state index is 13.1. The van der Waals surface area contributed by atoms with E-state index in [0.29, 0.717) is 22.0 Å². The molecule has 0 heterocycles. The van der Waals surface area contributed by atoms with Crippen LogP contribution in [0.5, 0.6) is 0 Å². The molecule has 1 aromatic rings. The second-order valence-corrected chi connectivity index (χ2v) is 6.37. The average Bonchev–Trinajstić information content (AvgIpc) is 2.47. The second-order valence-electron chi connectivity index (χ2n) is 5.21. The van der Waals surface area contributed by atoms with Gasteiger partial charge >= 0.3 is 5.97 Å². The first-order chi connectivity index (χ1) is 9.98. The highest BCUT2D eigenvalue weighted by atomic mass is 127. The van der Waals surface area contributed by atoms with Crippen LogP contribution in [0, 0.1) is 9.39 Å². The summed E-state index contributed by atoms with van der Waals surface area (Å²) in [6.45, 7) is 0. The van der Waals surface area contributed by atoms with Gasteiger partial charge in [0.1, 0.15) is 11.4 Å². The van der Waals surface area contributed by atoms with E-state index >= 15 is 0 Å². The summed E-state index contributed by atoms with van der Waals surface area (Å²) in [7, 11) is 1.33. The number of nitrogens with one attached hydrogen (secondary N) is 1. The molecule has 21 heavy (non-hydrogen) atoms. The van der Waals surface area contributed by atoms with Gasteiger partial charge in [0.15, 0.2) is 0 Å². The van der Waals surface area contributed by atoms with Crippen LogP contribution in [0.15, 0.2) is 18.2 Å². The molecular formula is C15H17FINO3. The lowest BCUT2D eigenvalue weighted by molar-refractivity contribution is -0.149. The molecular weight excluding hydrogens is 388 g/mol. The monoisotopic (exact) mass is 405 g/mol. The van der Waals surface area contributed by atoms with Gasteiger partial charge in [0.05, 0.1) is 12.7 Å². The zero-order chi connectivity index (χ0) is 15.5. The number of methoxy groups -OCH3 is 1. The molecule has 0 unspecified atom stereocenters. The first kappa shape index (κ1) is 16.2. The van der Waals surface area contributed by atoms with Crippen molar-refractivity contribution in [3.63, 3.8) is 0 Å². The SMILES string of the molecule is COC(=O)C1(NC(=O)c2ccc(F)cc2I)CCCCC1. The minimum absolute atomic E-state index is 0.367. The molecule has 0 saturated heterocycles. The number of carbonyl (C=O) groups excluding carboxylic acids is 2. The van der Waals surface area contributed by atoms with Gasteiger partial charge in [-0.2, -0.15) is 0 Å². The van der Waals surface area contributed by atoms with E-state index in [4.69, 9.17) is 4.74 Å². The maximum absolute atomic E-state index is 13.1.